The summed E-state index contributed by atoms with van der Waals surface area (Å²) in [6, 6.07) is 15.1. The van der Waals surface area contributed by atoms with Crippen LogP contribution in [0.25, 0.3) is 0 Å². The van der Waals surface area contributed by atoms with E-state index in [0.717, 1.165) is 38.8 Å². The number of amides is 2. The van der Waals surface area contributed by atoms with Crippen LogP contribution in [0.2, 0.25) is 5.02 Å². The summed E-state index contributed by atoms with van der Waals surface area (Å²) in [5.41, 5.74) is 1.19. The Labute approximate surface area is 218 Å². The van der Waals surface area contributed by atoms with Crippen LogP contribution in [0.15, 0.2) is 48.5 Å². The summed E-state index contributed by atoms with van der Waals surface area (Å²) in [6.45, 7) is 7.82. The predicted molar refractivity (Wildman–Crippen MR) is 143 cm³/mol. The summed E-state index contributed by atoms with van der Waals surface area (Å²) in [5, 5.41) is 3.37. The smallest absolute Gasteiger partial charge is 0.410 e. The minimum atomic E-state index is -0.614. The standard InChI is InChI=1S/C28H36ClN3O4/c1-28(2,3)36-27(34)32-16-8-7-11-24(32)26(33)30-20-12-13-25(23(29)19-20)35-22-14-17-31(18-15-22)21-9-5-4-6-10-21/h4-6,9-10,12-13,19,22,24H,7-8,11,14-18H2,1-3H3,(H,30,33). The molecule has 2 amide bonds. The number of carbonyl (C=O) groups is 2. The number of likely N-dealkylation sites (tertiary alicyclic amines) is 1. The Morgan fingerprint density at radius 1 is 0.972 bits per heavy atom. The molecule has 2 aromatic rings. The van der Waals surface area contributed by atoms with Gasteiger partial charge in [-0.1, -0.05) is 29.8 Å². The Morgan fingerprint density at radius 3 is 2.36 bits per heavy atom. The number of benzene rings is 2. The highest BCUT2D eigenvalue weighted by molar-refractivity contribution is 6.32. The molecule has 1 N–H and O–H groups in total. The third-order valence-corrected chi connectivity index (χ3v) is 6.79. The van der Waals surface area contributed by atoms with Crippen LogP contribution in [0.3, 0.4) is 0 Å². The number of hydrogen-bond acceptors (Lipinski definition) is 5. The topological polar surface area (TPSA) is 71.1 Å². The molecule has 7 nitrogen and oxygen atoms in total. The first-order valence-electron chi connectivity index (χ1n) is 12.8. The lowest BCUT2D eigenvalue weighted by Gasteiger charge is -2.35. The van der Waals surface area contributed by atoms with Gasteiger partial charge in [-0.15, -0.1) is 0 Å². The predicted octanol–water partition coefficient (Wildman–Crippen LogP) is 6.12. The SMILES string of the molecule is CC(C)(C)OC(=O)N1CCCCC1C(=O)Nc1ccc(OC2CCN(c3ccccc3)CC2)c(Cl)c1. The molecule has 2 heterocycles. The van der Waals surface area contributed by atoms with Gasteiger partial charge in [0.25, 0.3) is 0 Å². The van der Waals surface area contributed by atoms with Crippen molar-refractivity contribution in [3.8, 4) is 5.75 Å². The van der Waals surface area contributed by atoms with E-state index in [1.54, 1.807) is 18.2 Å². The van der Waals surface area contributed by atoms with Gasteiger partial charge in [-0.3, -0.25) is 9.69 Å². The molecule has 2 saturated heterocycles. The van der Waals surface area contributed by atoms with E-state index < -0.39 is 17.7 Å². The van der Waals surface area contributed by atoms with E-state index in [-0.39, 0.29) is 12.0 Å². The summed E-state index contributed by atoms with van der Waals surface area (Å²) >= 11 is 6.52. The molecule has 8 heteroatoms. The second-order valence-electron chi connectivity index (χ2n) is 10.5. The summed E-state index contributed by atoms with van der Waals surface area (Å²) in [7, 11) is 0. The molecular formula is C28H36ClN3O4. The van der Waals surface area contributed by atoms with Crippen LogP contribution in [0.5, 0.6) is 5.75 Å². The van der Waals surface area contributed by atoms with Crippen LogP contribution < -0.4 is 15.0 Å². The van der Waals surface area contributed by atoms with Crippen LogP contribution in [-0.2, 0) is 9.53 Å². The Balaban J connectivity index is 1.33. The van der Waals surface area contributed by atoms with E-state index in [1.807, 2.05) is 26.8 Å². The number of rotatable bonds is 5. The van der Waals surface area contributed by atoms with Crippen LogP contribution in [0.1, 0.15) is 52.9 Å². The highest BCUT2D eigenvalue weighted by Gasteiger charge is 2.35. The van der Waals surface area contributed by atoms with Crippen molar-refractivity contribution in [2.45, 2.75) is 70.6 Å². The lowest BCUT2D eigenvalue weighted by Crippen LogP contribution is -2.51. The van der Waals surface area contributed by atoms with E-state index in [1.165, 1.54) is 10.6 Å². The normalized spacial score (nSPS) is 19.1. The van der Waals surface area contributed by atoms with Crippen molar-refractivity contribution in [3.63, 3.8) is 0 Å². The molecule has 0 saturated carbocycles. The first-order valence-corrected chi connectivity index (χ1v) is 13.1. The molecule has 2 aliphatic rings. The Hall–Kier alpha value is -2.93. The van der Waals surface area contributed by atoms with Crippen LogP contribution in [0, 0.1) is 0 Å². The monoisotopic (exact) mass is 513 g/mol. The van der Waals surface area contributed by atoms with Gasteiger partial charge >= 0.3 is 6.09 Å². The Morgan fingerprint density at radius 2 is 1.69 bits per heavy atom. The second kappa shape index (κ2) is 11.4. The average Bonchev–Trinajstić information content (AvgIpc) is 2.85. The van der Waals surface area contributed by atoms with Crippen molar-refractivity contribution < 1.29 is 19.1 Å². The van der Waals surface area contributed by atoms with Gasteiger partial charge < -0.3 is 19.7 Å². The van der Waals surface area contributed by atoms with E-state index >= 15 is 0 Å². The van der Waals surface area contributed by atoms with Crippen molar-refractivity contribution in [2.24, 2.45) is 0 Å². The van der Waals surface area contributed by atoms with Gasteiger partial charge in [-0.2, -0.15) is 0 Å². The molecule has 4 rings (SSSR count). The molecule has 2 fully saturated rings. The number of para-hydroxylation sites is 1. The van der Waals surface area contributed by atoms with E-state index in [0.29, 0.717) is 29.4 Å². The fourth-order valence-electron chi connectivity index (χ4n) is 4.69. The maximum absolute atomic E-state index is 13.1. The molecule has 0 bridgehead atoms. The largest absolute Gasteiger partial charge is 0.489 e. The molecule has 0 aliphatic carbocycles. The minimum absolute atomic E-state index is 0.0903. The van der Waals surface area contributed by atoms with Gasteiger partial charge in [0.1, 0.15) is 23.5 Å². The molecule has 194 valence electrons. The maximum atomic E-state index is 13.1. The Kier molecular flexibility index (Phi) is 8.29. The van der Waals surface area contributed by atoms with Gasteiger partial charge in [0.2, 0.25) is 5.91 Å². The second-order valence-corrected chi connectivity index (χ2v) is 10.9. The maximum Gasteiger partial charge on any atom is 0.410 e. The highest BCUT2D eigenvalue weighted by atomic mass is 35.5. The van der Waals surface area contributed by atoms with Gasteiger partial charge in [-0.25, -0.2) is 4.79 Å². The van der Waals surface area contributed by atoms with E-state index in [9.17, 15) is 9.59 Å². The van der Waals surface area contributed by atoms with Crippen molar-refractivity contribution in [3.05, 3.63) is 53.6 Å². The fraction of sp³-hybridized carbons (Fsp3) is 0.500. The van der Waals surface area contributed by atoms with Crippen molar-refractivity contribution in [1.82, 2.24) is 4.90 Å². The van der Waals surface area contributed by atoms with Crippen LogP contribution >= 0.6 is 11.6 Å². The molecule has 0 aromatic heterocycles. The van der Waals surface area contributed by atoms with Gasteiger partial charge in [0.15, 0.2) is 0 Å². The molecular weight excluding hydrogens is 478 g/mol. The van der Waals surface area contributed by atoms with Crippen molar-refractivity contribution in [1.29, 1.82) is 0 Å². The third-order valence-electron chi connectivity index (χ3n) is 6.49. The number of halogens is 1. The first kappa shape index (κ1) is 26.1. The summed E-state index contributed by atoms with van der Waals surface area (Å²) in [4.78, 5) is 29.6. The third kappa shape index (κ3) is 6.84. The number of anilines is 2. The lowest BCUT2D eigenvalue weighted by molar-refractivity contribution is -0.122. The lowest BCUT2D eigenvalue weighted by atomic mass is 10.0. The van der Waals surface area contributed by atoms with Crippen LogP contribution in [-0.4, -0.2) is 54.3 Å². The zero-order valence-corrected chi connectivity index (χ0v) is 22.1. The molecule has 0 radical (unpaired) electrons. The number of carbonyl (C=O) groups excluding carboxylic acids is 2. The zero-order valence-electron chi connectivity index (χ0n) is 21.3. The summed E-state index contributed by atoms with van der Waals surface area (Å²) < 4.78 is 11.7. The average molecular weight is 514 g/mol. The minimum Gasteiger partial charge on any atom is -0.489 e. The van der Waals surface area contributed by atoms with Crippen LogP contribution in [0.4, 0.5) is 16.2 Å². The number of nitrogens with zero attached hydrogens (tertiary/aromatic N) is 2. The highest BCUT2D eigenvalue weighted by Crippen LogP contribution is 2.31. The first-order chi connectivity index (χ1) is 17.2. The zero-order chi connectivity index (χ0) is 25.7. The molecule has 2 aliphatic heterocycles. The van der Waals surface area contributed by atoms with E-state index in [4.69, 9.17) is 21.1 Å². The number of piperidine rings is 2. The number of hydrogen-bond donors (Lipinski definition) is 1. The number of nitrogens with one attached hydrogen (secondary N) is 1. The Bertz CT molecular complexity index is 1050. The molecule has 1 atom stereocenters. The van der Waals surface area contributed by atoms with Crippen molar-refractivity contribution >= 4 is 35.0 Å². The number of ether oxygens (including phenoxy) is 2. The van der Waals surface area contributed by atoms with Gasteiger partial charge in [-0.05, 0) is 70.4 Å². The summed E-state index contributed by atoms with van der Waals surface area (Å²) in [6.07, 6.45) is 3.79. The van der Waals surface area contributed by atoms with E-state index in [2.05, 4.69) is 34.5 Å². The molecule has 1 unspecified atom stereocenters. The van der Waals surface area contributed by atoms with Gasteiger partial charge in [0, 0.05) is 43.9 Å². The fourth-order valence-corrected chi connectivity index (χ4v) is 4.92. The quantitative estimate of drug-likeness (QED) is 0.521. The summed E-state index contributed by atoms with van der Waals surface area (Å²) in [5.74, 6) is 0.374. The van der Waals surface area contributed by atoms with Crippen molar-refractivity contribution in [2.75, 3.05) is 29.9 Å². The molecule has 0 spiro atoms. The molecule has 2 aromatic carbocycles. The van der Waals surface area contributed by atoms with Gasteiger partial charge in [0.05, 0.1) is 5.02 Å². The molecule has 36 heavy (non-hydrogen) atoms.